The second-order valence-electron chi connectivity index (χ2n) is 15.7. The van der Waals surface area contributed by atoms with Gasteiger partial charge < -0.3 is 14.8 Å². The van der Waals surface area contributed by atoms with Gasteiger partial charge >= 0.3 is 18.4 Å². The predicted octanol–water partition coefficient (Wildman–Crippen LogP) is 7.76. The zero-order chi connectivity index (χ0) is 43.7. The van der Waals surface area contributed by atoms with Gasteiger partial charge in [-0.2, -0.15) is 18.3 Å². The van der Waals surface area contributed by atoms with E-state index in [2.05, 4.69) is 25.6 Å². The average molecular weight is 869 g/mol. The largest absolute Gasteiger partial charge is 0.447 e. The minimum Gasteiger partial charge on any atom is -0.447 e. The van der Waals surface area contributed by atoms with Gasteiger partial charge in [0.25, 0.3) is 12.3 Å². The Bertz CT molecular complexity index is 2420. The molecule has 320 valence electrons. The molecular formula is C40H38ClF5N10O5. The molecule has 7 rings (SSSR count). The van der Waals surface area contributed by atoms with Gasteiger partial charge in [0.15, 0.2) is 11.4 Å². The highest BCUT2D eigenvalue weighted by atomic mass is 35.5. The minimum absolute atomic E-state index is 0.0380. The fourth-order valence-corrected chi connectivity index (χ4v) is 7.21. The molecule has 1 aliphatic heterocycles. The standard InChI is InChI=1S/C40H38ClF5N10O5/c1-37(2,3)20-39(26-10-12-27(13-11-26)54-22-48-49-23-54)33(57)55(34(52-39)51-35(58)60-18-24-7-5-4-6-8-24)30(19-61-36(59)53-38(15-16-38)40(44,45)46)25-9-14-28(41)29(17-25)56-32(31(42)43)47-21-50-56/h4-14,17,21-23,30-31H,15-16,18-20H2,1-3H3,(H,53,59)(H,51,52,58)/t30-,39-/m1/s1. The zero-order valence-electron chi connectivity index (χ0n) is 32.7. The Hall–Kier alpha value is -6.44. The number of guanidine groups is 1. The lowest BCUT2D eigenvalue weighted by atomic mass is 9.75. The molecule has 1 saturated carbocycles. The molecule has 2 aromatic heterocycles. The number of hydrogen-bond acceptors (Lipinski definition) is 10. The number of halogens is 6. The van der Waals surface area contributed by atoms with E-state index in [1.165, 1.54) is 30.9 Å². The number of rotatable bonds is 12. The molecule has 0 spiro atoms. The van der Waals surface area contributed by atoms with Crippen molar-refractivity contribution in [3.8, 4) is 11.4 Å². The summed E-state index contributed by atoms with van der Waals surface area (Å²) in [5.74, 6) is -1.88. The highest BCUT2D eigenvalue weighted by Crippen LogP contribution is 2.49. The molecular weight excluding hydrogens is 831 g/mol. The van der Waals surface area contributed by atoms with Crippen molar-refractivity contribution in [2.75, 3.05) is 6.61 Å². The van der Waals surface area contributed by atoms with Gasteiger partial charge in [-0.15, -0.1) is 10.2 Å². The SMILES string of the molecule is CC(C)(C)C[C@]1(c2ccc(-n3cnnc3)cc2)N=C(NC(=O)OCc2ccccc2)N([C@H](COC(=O)NC2(C(F)(F)F)CC2)c2ccc(Cl)c(-n3ncnc3C(F)F)c2)C1=O. The molecule has 21 heteroatoms. The lowest BCUT2D eigenvalue weighted by molar-refractivity contribution is -0.164. The van der Waals surface area contributed by atoms with Crippen molar-refractivity contribution in [1.82, 2.24) is 45.1 Å². The summed E-state index contributed by atoms with van der Waals surface area (Å²) in [6.45, 7) is 4.61. The molecule has 1 aliphatic carbocycles. The number of alkyl halides is 5. The minimum atomic E-state index is -4.78. The van der Waals surface area contributed by atoms with Crippen molar-refractivity contribution < 1.29 is 45.8 Å². The van der Waals surface area contributed by atoms with Crippen molar-refractivity contribution in [3.63, 3.8) is 0 Å². The summed E-state index contributed by atoms with van der Waals surface area (Å²) in [4.78, 5) is 51.8. The van der Waals surface area contributed by atoms with Crippen LogP contribution in [0.25, 0.3) is 11.4 Å². The van der Waals surface area contributed by atoms with Gasteiger partial charge in [0.05, 0.1) is 16.8 Å². The van der Waals surface area contributed by atoms with Crippen LogP contribution in [0.5, 0.6) is 0 Å². The Balaban J connectivity index is 1.34. The lowest BCUT2D eigenvalue weighted by Gasteiger charge is -2.35. The maximum absolute atomic E-state index is 15.5. The molecule has 0 saturated heterocycles. The number of amides is 3. The number of benzene rings is 3. The summed E-state index contributed by atoms with van der Waals surface area (Å²) in [5.41, 5.74) is -3.31. The summed E-state index contributed by atoms with van der Waals surface area (Å²) in [5, 5.41) is 16.0. The van der Waals surface area contributed by atoms with Gasteiger partial charge in [0, 0.05) is 5.69 Å². The number of ether oxygens (including phenoxy) is 2. The molecule has 2 aliphatic rings. The van der Waals surface area contributed by atoms with E-state index in [4.69, 9.17) is 26.1 Å². The number of nitrogens with zero attached hydrogens (tertiary/aromatic N) is 8. The van der Waals surface area contributed by atoms with Crippen molar-refractivity contribution in [3.05, 3.63) is 119 Å². The van der Waals surface area contributed by atoms with Gasteiger partial charge in [-0.3, -0.25) is 19.6 Å². The normalized spacial score (nSPS) is 17.8. The molecule has 0 bridgehead atoms. The van der Waals surface area contributed by atoms with Gasteiger partial charge in [0.1, 0.15) is 37.7 Å². The van der Waals surface area contributed by atoms with E-state index in [1.54, 1.807) is 59.2 Å². The molecule has 3 amide bonds. The number of carbonyl (C=O) groups is 3. The van der Waals surface area contributed by atoms with Gasteiger partial charge in [0.2, 0.25) is 5.96 Å². The molecule has 3 heterocycles. The van der Waals surface area contributed by atoms with E-state index < -0.39 is 65.7 Å². The lowest BCUT2D eigenvalue weighted by Crippen LogP contribution is -2.51. The third-order valence-corrected chi connectivity index (χ3v) is 10.4. The van der Waals surface area contributed by atoms with E-state index >= 15 is 4.79 Å². The van der Waals surface area contributed by atoms with E-state index in [0.717, 1.165) is 15.9 Å². The second kappa shape index (κ2) is 16.5. The Morgan fingerprint density at radius 3 is 2.25 bits per heavy atom. The Kier molecular flexibility index (Phi) is 11.6. The van der Waals surface area contributed by atoms with Crippen LogP contribution < -0.4 is 10.6 Å². The van der Waals surface area contributed by atoms with Crippen LogP contribution in [-0.2, 0) is 26.4 Å². The number of alkyl carbamates (subject to hydrolysis) is 2. The van der Waals surface area contributed by atoms with Crippen molar-refractivity contribution >= 4 is 35.7 Å². The maximum Gasteiger partial charge on any atom is 0.414 e. The summed E-state index contributed by atoms with van der Waals surface area (Å²) < 4.78 is 83.1. The number of hydrogen-bond donors (Lipinski definition) is 2. The van der Waals surface area contributed by atoms with Crippen LogP contribution in [-0.4, -0.2) is 76.8 Å². The van der Waals surface area contributed by atoms with Crippen LogP contribution in [0.2, 0.25) is 5.02 Å². The van der Waals surface area contributed by atoms with Gasteiger partial charge in [-0.25, -0.2) is 33.0 Å². The highest BCUT2D eigenvalue weighted by molar-refractivity contribution is 6.32. The summed E-state index contributed by atoms with van der Waals surface area (Å²) in [6, 6.07) is 18.0. The first kappa shape index (κ1) is 42.7. The van der Waals surface area contributed by atoms with E-state index in [9.17, 15) is 31.5 Å². The third kappa shape index (κ3) is 9.03. The fourth-order valence-electron chi connectivity index (χ4n) is 7.02. The van der Waals surface area contributed by atoms with Crippen molar-refractivity contribution in [2.45, 2.75) is 76.4 Å². The Morgan fingerprint density at radius 1 is 0.934 bits per heavy atom. The van der Waals surface area contributed by atoms with Crippen LogP contribution in [0.4, 0.5) is 31.5 Å². The Labute approximate surface area is 349 Å². The molecule has 2 N–H and O–H groups in total. The summed E-state index contributed by atoms with van der Waals surface area (Å²) >= 11 is 6.51. The summed E-state index contributed by atoms with van der Waals surface area (Å²) in [6.07, 6.45) is -7.21. The van der Waals surface area contributed by atoms with E-state index in [1.807, 2.05) is 26.1 Å². The average Bonchev–Trinajstić information content (AvgIpc) is 3.51. The fraction of sp³-hybridized carbons (Fsp3) is 0.350. The monoisotopic (exact) mass is 868 g/mol. The first-order chi connectivity index (χ1) is 28.9. The molecule has 61 heavy (non-hydrogen) atoms. The smallest absolute Gasteiger partial charge is 0.414 e. The maximum atomic E-state index is 15.5. The van der Waals surface area contributed by atoms with Gasteiger partial charge in [-0.1, -0.05) is 80.9 Å². The number of aliphatic imine (C=N–C) groups is 1. The molecule has 3 aromatic carbocycles. The third-order valence-electron chi connectivity index (χ3n) is 10.0. The summed E-state index contributed by atoms with van der Waals surface area (Å²) in [7, 11) is 0. The first-order valence-electron chi connectivity index (χ1n) is 18.8. The van der Waals surface area contributed by atoms with Crippen LogP contribution in [0.1, 0.15) is 75.0 Å². The first-order valence-corrected chi connectivity index (χ1v) is 19.1. The second-order valence-corrected chi connectivity index (χ2v) is 16.1. The van der Waals surface area contributed by atoms with Crippen LogP contribution >= 0.6 is 11.6 Å². The number of carbonyl (C=O) groups excluding carboxylic acids is 3. The number of aromatic nitrogens is 6. The molecule has 5 aromatic rings. The van der Waals surface area contributed by atoms with E-state index in [-0.39, 0.29) is 48.1 Å². The molecule has 2 atom stereocenters. The van der Waals surface area contributed by atoms with Crippen molar-refractivity contribution in [1.29, 1.82) is 0 Å². The van der Waals surface area contributed by atoms with Crippen LogP contribution in [0.3, 0.4) is 0 Å². The van der Waals surface area contributed by atoms with Crippen LogP contribution in [0.15, 0.2) is 96.8 Å². The molecule has 0 radical (unpaired) electrons. The number of nitrogens with one attached hydrogen (secondary N) is 2. The Morgan fingerprint density at radius 2 is 1.62 bits per heavy atom. The molecule has 1 fully saturated rings. The molecule has 15 nitrogen and oxygen atoms in total. The van der Waals surface area contributed by atoms with Crippen molar-refractivity contribution in [2.24, 2.45) is 10.4 Å². The van der Waals surface area contributed by atoms with E-state index in [0.29, 0.717) is 16.8 Å². The zero-order valence-corrected chi connectivity index (χ0v) is 33.5. The quantitative estimate of drug-likeness (QED) is 0.119. The molecule has 0 unspecified atom stereocenters. The predicted molar refractivity (Wildman–Crippen MR) is 208 cm³/mol. The van der Waals surface area contributed by atoms with Crippen LogP contribution in [0, 0.1) is 5.41 Å². The topological polar surface area (TPSA) is 171 Å². The highest BCUT2D eigenvalue weighted by Gasteiger charge is 2.65. The van der Waals surface area contributed by atoms with Gasteiger partial charge in [-0.05, 0) is 65.6 Å².